The SMILES string of the molecule is CC(C)CN(CCC#N)S(=O)(=O)c1cnc(Cl)s1. The Hall–Kier alpha value is -0.680. The van der Waals surface area contributed by atoms with E-state index >= 15 is 0 Å². The van der Waals surface area contributed by atoms with E-state index in [0.29, 0.717) is 6.54 Å². The summed E-state index contributed by atoms with van der Waals surface area (Å²) in [6.07, 6.45) is 1.42. The van der Waals surface area contributed by atoms with Crippen molar-refractivity contribution in [2.45, 2.75) is 24.5 Å². The molecule has 0 aromatic carbocycles. The third-order valence-corrected chi connectivity index (χ3v) is 5.51. The summed E-state index contributed by atoms with van der Waals surface area (Å²) >= 11 is 6.58. The van der Waals surface area contributed by atoms with Gasteiger partial charge in [-0.05, 0) is 5.92 Å². The molecule has 0 atom stereocenters. The van der Waals surface area contributed by atoms with Crippen molar-refractivity contribution in [3.63, 3.8) is 0 Å². The summed E-state index contributed by atoms with van der Waals surface area (Å²) < 4.78 is 26.3. The fourth-order valence-corrected chi connectivity index (χ4v) is 4.43. The largest absolute Gasteiger partial charge is 0.254 e. The summed E-state index contributed by atoms with van der Waals surface area (Å²) in [4.78, 5) is 3.74. The fourth-order valence-electron chi connectivity index (χ4n) is 1.38. The van der Waals surface area contributed by atoms with Gasteiger partial charge in [-0.3, -0.25) is 0 Å². The lowest BCUT2D eigenvalue weighted by molar-refractivity contribution is 0.373. The van der Waals surface area contributed by atoms with E-state index in [1.54, 1.807) is 0 Å². The van der Waals surface area contributed by atoms with Gasteiger partial charge in [0.15, 0.2) is 8.68 Å². The van der Waals surface area contributed by atoms with Gasteiger partial charge in [0, 0.05) is 19.5 Å². The maximum atomic E-state index is 12.3. The quantitative estimate of drug-likeness (QED) is 0.808. The topological polar surface area (TPSA) is 74.1 Å². The predicted molar refractivity (Wildman–Crippen MR) is 71.0 cm³/mol. The summed E-state index contributed by atoms with van der Waals surface area (Å²) in [6.45, 7) is 4.41. The second-order valence-corrected chi connectivity index (χ2v) is 7.87. The number of sulfonamides is 1. The standard InChI is InChI=1S/C10H14ClN3O2S2/c1-8(2)7-14(5-3-4-12)18(15,16)9-6-13-10(11)17-9/h6,8H,3,5,7H2,1-2H3. The Bertz CT molecular complexity index is 534. The molecule has 0 bridgehead atoms. The molecule has 0 unspecified atom stereocenters. The lowest BCUT2D eigenvalue weighted by Gasteiger charge is -2.21. The number of hydrogen-bond acceptors (Lipinski definition) is 5. The average molecular weight is 308 g/mol. The van der Waals surface area contributed by atoms with Crippen molar-refractivity contribution >= 4 is 33.0 Å². The Morgan fingerprint density at radius 1 is 1.61 bits per heavy atom. The van der Waals surface area contributed by atoms with Crippen LogP contribution in [0, 0.1) is 17.2 Å². The van der Waals surface area contributed by atoms with Gasteiger partial charge in [0.2, 0.25) is 0 Å². The number of rotatable bonds is 6. The minimum absolute atomic E-state index is 0.117. The third kappa shape index (κ3) is 3.92. The number of thiazole rings is 1. The number of nitrogens with zero attached hydrogens (tertiary/aromatic N) is 3. The van der Waals surface area contributed by atoms with Crippen LogP contribution in [0.5, 0.6) is 0 Å². The smallest absolute Gasteiger partial charge is 0.232 e. The van der Waals surface area contributed by atoms with E-state index in [1.165, 1.54) is 10.5 Å². The number of nitriles is 1. The Labute approximate surface area is 116 Å². The van der Waals surface area contributed by atoms with Crippen LogP contribution in [-0.4, -0.2) is 30.8 Å². The van der Waals surface area contributed by atoms with Crippen LogP contribution in [0.25, 0.3) is 0 Å². The molecule has 0 aliphatic heterocycles. The average Bonchev–Trinajstić information content (AvgIpc) is 2.71. The van der Waals surface area contributed by atoms with Crippen molar-refractivity contribution in [1.29, 1.82) is 5.26 Å². The molecule has 0 fully saturated rings. The van der Waals surface area contributed by atoms with Gasteiger partial charge < -0.3 is 0 Å². The van der Waals surface area contributed by atoms with E-state index in [-0.39, 0.29) is 27.6 Å². The third-order valence-electron chi connectivity index (χ3n) is 2.09. The predicted octanol–water partition coefficient (Wildman–Crippen LogP) is 2.36. The van der Waals surface area contributed by atoms with E-state index in [1.807, 2.05) is 19.9 Å². The van der Waals surface area contributed by atoms with Crippen LogP contribution in [0.2, 0.25) is 4.47 Å². The van der Waals surface area contributed by atoms with Crippen molar-refractivity contribution in [1.82, 2.24) is 9.29 Å². The highest BCUT2D eigenvalue weighted by atomic mass is 35.5. The molecule has 1 aromatic heterocycles. The number of halogens is 1. The fraction of sp³-hybridized carbons (Fsp3) is 0.600. The van der Waals surface area contributed by atoms with Gasteiger partial charge in [0.25, 0.3) is 10.0 Å². The Kier molecular flexibility index (Phi) is 5.53. The van der Waals surface area contributed by atoms with Gasteiger partial charge in [0.05, 0.1) is 12.3 Å². The van der Waals surface area contributed by atoms with E-state index < -0.39 is 10.0 Å². The van der Waals surface area contributed by atoms with Gasteiger partial charge in [-0.1, -0.05) is 36.8 Å². The van der Waals surface area contributed by atoms with Crippen LogP contribution in [0.15, 0.2) is 10.4 Å². The van der Waals surface area contributed by atoms with Crippen molar-refractivity contribution in [3.8, 4) is 6.07 Å². The summed E-state index contributed by atoms with van der Waals surface area (Å²) in [5.41, 5.74) is 0. The number of hydrogen-bond donors (Lipinski definition) is 0. The van der Waals surface area contributed by atoms with Gasteiger partial charge >= 0.3 is 0 Å². The first-order chi connectivity index (χ1) is 8.37. The van der Waals surface area contributed by atoms with E-state index in [0.717, 1.165) is 11.3 Å². The molecule has 0 amide bonds. The van der Waals surface area contributed by atoms with Crippen LogP contribution >= 0.6 is 22.9 Å². The molecule has 0 N–H and O–H groups in total. The number of aromatic nitrogens is 1. The lowest BCUT2D eigenvalue weighted by atomic mass is 10.2. The van der Waals surface area contributed by atoms with E-state index in [4.69, 9.17) is 16.9 Å². The molecule has 0 saturated heterocycles. The Morgan fingerprint density at radius 2 is 2.28 bits per heavy atom. The van der Waals surface area contributed by atoms with Gasteiger partial charge in [0.1, 0.15) is 0 Å². The van der Waals surface area contributed by atoms with E-state index in [2.05, 4.69) is 4.98 Å². The Balaban J connectivity index is 2.99. The van der Waals surface area contributed by atoms with Crippen molar-refractivity contribution in [2.75, 3.05) is 13.1 Å². The zero-order valence-electron chi connectivity index (χ0n) is 10.1. The van der Waals surface area contributed by atoms with Gasteiger partial charge in [-0.25, -0.2) is 13.4 Å². The molecule has 1 rings (SSSR count). The molecular weight excluding hydrogens is 294 g/mol. The molecule has 18 heavy (non-hydrogen) atoms. The van der Waals surface area contributed by atoms with Gasteiger partial charge in [-0.15, -0.1) is 0 Å². The highest BCUT2D eigenvalue weighted by molar-refractivity contribution is 7.91. The molecule has 0 aliphatic rings. The monoisotopic (exact) mass is 307 g/mol. The lowest BCUT2D eigenvalue weighted by Crippen LogP contribution is -2.34. The van der Waals surface area contributed by atoms with Crippen molar-refractivity contribution < 1.29 is 8.42 Å². The minimum atomic E-state index is -3.59. The zero-order valence-corrected chi connectivity index (χ0v) is 12.5. The van der Waals surface area contributed by atoms with Crippen LogP contribution in [-0.2, 0) is 10.0 Å². The molecule has 0 saturated carbocycles. The summed E-state index contributed by atoms with van der Waals surface area (Å²) in [5.74, 6) is 0.182. The Morgan fingerprint density at radius 3 is 2.72 bits per heavy atom. The summed E-state index contributed by atoms with van der Waals surface area (Å²) in [6, 6.07) is 1.96. The summed E-state index contributed by atoms with van der Waals surface area (Å²) in [5, 5.41) is 8.59. The molecule has 1 heterocycles. The van der Waals surface area contributed by atoms with Gasteiger partial charge in [-0.2, -0.15) is 9.57 Å². The van der Waals surface area contributed by atoms with Crippen molar-refractivity contribution in [2.24, 2.45) is 5.92 Å². The molecule has 5 nitrogen and oxygen atoms in total. The first kappa shape index (κ1) is 15.4. The first-order valence-electron chi connectivity index (χ1n) is 5.36. The molecular formula is C10H14ClN3O2S2. The second-order valence-electron chi connectivity index (χ2n) is 4.10. The maximum Gasteiger partial charge on any atom is 0.254 e. The molecule has 0 aliphatic carbocycles. The van der Waals surface area contributed by atoms with Crippen LogP contribution in [0.1, 0.15) is 20.3 Å². The highest BCUT2D eigenvalue weighted by Crippen LogP contribution is 2.26. The van der Waals surface area contributed by atoms with Crippen LogP contribution < -0.4 is 0 Å². The van der Waals surface area contributed by atoms with Crippen LogP contribution in [0.4, 0.5) is 0 Å². The first-order valence-corrected chi connectivity index (χ1v) is 7.99. The molecule has 0 spiro atoms. The normalized spacial score (nSPS) is 12.0. The highest BCUT2D eigenvalue weighted by Gasteiger charge is 2.26. The molecule has 0 radical (unpaired) electrons. The molecule has 1 aromatic rings. The van der Waals surface area contributed by atoms with Crippen molar-refractivity contribution in [3.05, 3.63) is 10.7 Å². The zero-order chi connectivity index (χ0) is 13.8. The minimum Gasteiger partial charge on any atom is -0.232 e. The molecule has 8 heteroatoms. The summed E-state index contributed by atoms with van der Waals surface area (Å²) in [7, 11) is -3.59. The van der Waals surface area contributed by atoms with Crippen LogP contribution in [0.3, 0.4) is 0 Å². The van der Waals surface area contributed by atoms with E-state index in [9.17, 15) is 8.42 Å². The molecule has 100 valence electrons. The maximum absolute atomic E-state index is 12.3. The second kappa shape index (κ2) is 6.48.